The highest BCUT2D eigenvalue weighted by Gasteiger charge is 2.22. The van der Waals surface area contributed by atoms with Gasteiger partial charge in [-0.25, -0.2) is 0 Å². The van der Waals surface area contributed by atoms with Crippen LogP contribution in [0.2, 0.25) is 0 Å². The van der Waals surface area contributed by atoms with Crippen molar-refractivity contribution in [3.05, 3.63) is 29.3 Å². The molecule has 1 saturated heterocycles. The predicted molar refractivity (Wildman–Crippen MR) is 113 cm³/mol. The minimum absolute atomic E-state index is 0. The van der Waals surface area contributed by atoms with Crippen molar-refractivity contribution < 1.29 is 4.79 Å². The number of hydrogen-bond acceptors (Lipinski definition) is 3. The first-order chi connectivity index (χ1) is 11.5. The van der Waals surface area contributed by atoms with E-state index in [1.165, 1.54) is 24.0 Å². The molecule has 1 aromatic rings. The number of rotatable bonds is 7. The van der Waals surface area contributed by atoms with Crippen LogP contribution in [0.4, 0.5) is 5.69 Å². The lowest BCUT2D eigenvalue weighted by Gasteiger charge is -2.28. The number of anilines is 1. The van der Waals surface area contributed by atoms with Gasteiger partial charge in [-0.15, -0.1) is 12.4 Å². The monoisotopic (exact) mass is 384 g/mol. The summed E-state index contributed by atoms with van der Waals surface area (Å²) in [5.74, 6) is 2.27. The molecule has 1 aliphatic heterocycles. The van der Waals surface area contributed by atoms with Gasteiger partial charge in [-0.3, -0.25) is 4.79 Å². The summed E-state index contributed by atoms with van der Waals surface area (Å²) >= 11 is 1.94. The highest BCUT2D eigenvalue weighted by Crippen LogP contribution is 2.27. The third-order valence-electron chi connectivity index (χ3n) is 4.99. The van der Waals surface area contributed by atoms with Gasteiger partial charge < -0.3 is 10.6 Å². The number of amides is 1. The van der Waals surface area contributed by atoms with Gasteiger partial charge >= 0.3 is 0 Å². The summed E-state index contributed by atoms with van der Waals surface area (Å²) in [6.07, 6.45) is 3.00. The van der Waals surface area contributed by atoms with Gasteiger partial charge in [0.05, 0.1) is 0 Å². The second kappa shape index (κ2) is 11.1. The van der Waals surface area contributed by atoms with Crippen molar-refractivity contribution in [3.8, 4) is 0 Å². The van der Waals surface area contributed by atoms with E-state index in [2.05, 4.69) is 50.5 Å². The number of thioether (sulfide) groups is 1. The fourth-order valence-electron chi connectivity index (χ4n) is 3.31. The Morgan fingerprint density at radius 3 is 2.60 bits per heavy atom. The van der Waals surface area contributed by atoms with Crippen LogP contribution in [0.3, 0.4) is 0 Å². The summed E-state index contributed by atoms with van der Waals surface area (Å²) in [4.78, 5) is 12.5. The predicted octanol–water partition coefficient (Wildman–Crippen LogP) is 5.02. The van der Waals surface area contributed by atoms with Gasteiger partial charge in [0, 0.05) is 17.9 Å². The van der Waals surface area contributed by atoms with E-state index in [0.29, 0.717) is 23.5 Å². The highest BCUT2D eigenvalue weighted by atomic mass is 35.5. The third kappa shape index (κ3) is 7.20. The topological polar surface area (TPSA) is 41.1 Å². The van der Waals surface area contributed by atoms with Crippen LogP contribution >= 0.6 is 24.2 Å². The molecule has 3 nitrogen and oxygen atoms in total. The van der Waals surface area contributed by atoms with Crippen LogP contribution in [-0.2, 0) is 10.5 Å². The molecule has 1 heterocycles. The average Bonchev–Trinajstić information content (AvgIpc) is 2.56. The Kier molecular flexibility index (Phi) is 9.91. The molecule has 0 bridgehead atoms. The number of hydrogen-bond donors (Lipinski definition) is 2. The van der Waals surface area contributed by atoms with Crippen LogP contribution in [-0.4, -0.2) is 24.2 Å². The normalized spacial score (nSPS) is 16.4. The summed E-state index contributed by atoms with van der Waals surface area (Å²) in [5, 5.41) is 7.16. The molecule has 0 aliphatic carbocycles. The average molecular weight is 385 g/mol. The molecule has 1 unspecified atom stereocenters. The second-order valence-corrected chi connectivity index (χ2v) is 8.83. The standard InChI is InChI=1S/C20H32N2OS.ClH/c1-14(2)24-13-18-6-5-7-19(16(18)4)22-20(23)12-15(3)17-8-10-21-11-9-17;/h5-7,14-15,17,21H,8-13H2,1-4H3,(H,22,23);1H. The molecule has 0 radical (unpaired) electrons. The van der Waals surface area contributed by atoms with E-state index in [-0.39, 0.29) is 18.3 Å². The lowest BCUT2D eigenvalue weighted by molar-refractivity contribution is -0.117. The molecule has 1 atom stereocenters. The summed E-state index contributed by atoms with van der Waals surface area (Å²) < 4.78 is 0. The van der Waals surface area contributed by atoms with Gasteiger partial charge in [0.1, 0.15) is 0 Å². The van der Waals surface area contributed by atoms with Crippen LogP contribution < -0.4 is 10.6 Å². The number of carbonyl (C=O) groups is 1. The smallest absolute Gasteiger partial charge is 0.224 e. The largest absolute Gasteiger partial charge is 0.326 e. The van der Waals surface area contributed by atoms with Crippen molar-refractivity contribution in [2.45, 2.75) is 58.0 Å². The minimum atomic E-state index is 0. The van der Waals surface area contributed by atoms with Crippen molar-refractivity contribution in [1.29, 1.82) is 0 Å². The molecule has 0 spiro atoms. The Morgan fingerprint density at radius 1 is 1.28 bits per heavy atom. The van der Waals surface area contributed by atoms with Crippen LogP contribution in [0.15, 0.2) is 18.2 Å². The molecular formula is C20H33ClN2OS. The molecule has 2 N–H and O–H groups in total. The van der Waals surface area contributed by atoms with Crippen LogP contribution in [0.25, 0.3) is 0 Å². The van der Waals surface area contributed by atoms with Crippen molar-refractivity contribution >= 4 is 35.8 Å². The Morgan fingerprint density at radius 2 is 1.96 bits per heavy atom. The Labute approximate surface area is 163 Å². The number of benzene rings is 1. The Hall–Kier alpha value is -0.710. The number of halogens is 1. The SMILES string of the molecule is Cc1c(CSC(C)C)cccc1NC(=O)CC(C)C1CCNCC1.Cl. The van der Waals surface area contributed by atoms with E-state index in [4.69, 9.17) is 0 Å². The number of piperidine rings is 1. The zero-order valence-electron chi connectivity index (χ0n) is 15.9. The quantitative estimate of drug-likeness (QED) is 0.693. The summed E-state index contributed by atoms with van der Waals surface area (Å²) in [7, 11) is 0. The van der Waals surface area contributed by atoms with Gasteiger partial charge in [-0.2, -0.15) is 11.8 Å². The molecule has 1 fully saturated rings. The van der Waals surface area contributed by atoms with E-state index in [1.54, 1.807) is 0 Å². The lowest BCUT2D eigenvalue weighted by atomic mass is 9.84. The minimum Gasteiger partial charge on any atom is -0.326 e. The fourth-order valence-corrected chi connectivity index (χ4v) is 4.13. The molecule has 2 rings (SSSR count). The first-order valence-corrected chi connectivity index (χ1v) is 10.2. The second-order valence-electron chi connectivity index (χ2n) is 7.27. The third-order valence-corrected chi connectivity index (χ3v) is 6.13. The van der Waals surface area contributed by atoms with E-state index in [1.807, 2.05) is 17.8 Å². The number of nitrogens with one attached hydrogen (secondary N) is 2. The molecule has 142 valence electrons. The summed E-state index contributed by atoms with van der Waals surface area (Å²) in [5.41, 5.74) is 3.49. The number of carbonyl (C=O) groups excluding carboxylic acids is 1. The van der Waals surface area contributed by atoms with Crippen LogP contribution in [0.1, 0.15) is 51.2 Å². The van der Waals surface area contributed by atoms with E-state index in [0.717, 1.165) is 24.5 Å². The van der Waals surface area contributed by atoms with Gasteiger partial charge in [0.2, 0.25) is 5.91 Å². The molecule has 1 aromatic carbocycles. The van der Waals surface area contributed by atoms with Gasteiger partial charge in [0.25, 0.3) is 0 Å². The summed E-state index contributed by atoms with van der Waals surface area (Å²) in [6, 6.07) is 6.24. The zero-order valence-corrected chi connectivity index (χ0v) is 17.6. The lowest BCUT2D eigenvalue weighted by Crippen LogP contribution is -2.32. The van der Waals surface area contributed by atoms with Crippen molar-refractivity contribution in [2.75, 3.05) is 18.4 Å². The molecular weight excluding hydrogens is 352 g/mol. The van der Waals surface area contributed by atoms with Gasteiger partial charge in [-0.1, -0.05) is 32.9 Å². The molecule has 25 heavy (non-hydrogen) atoms. The van der Waals surface area contributed by atoms with Gasteiger partial charge in [0.15, 0.2) is 0 Å². The Balaban J connectivity index is 0.00000312. The van der Waals surface area contributed by atoms with Crippen molar-refractivity contribution in [1.82, 2.24) is 5.32 Å². The van der Waals surface area contributed by atoms with Crippen LogP contribution in [0.5, 0.6) is 0 Å². The molecule has 0 aromatic heterocycles. The zero-order chi connectivity index (χ0) is 17.5. The molecule has 5 heteroatoms. The first-order valence-electron chi connectivity index (χ1n) is 9.18. The maximum Gasteiger partial charge on any atom is 0.224 e. The van der Waals surface area contributed by atoms with Crippen molar-refractivity contribution in [2.24, 2.45) is 11.8 Å². The van der Waals surface area contributed by atoms with E-state index < -0.39 is 0 Å². The Bertz CT molecular complexity index is 544. The maximum atomic E-state index is 12.5. The first kappa shape index (κ1) is 22.3. The highest BCUT2D eigenvalue weighted by molar-refractivity contribution is 7.99. The molecule has 1 amide bonds. The molecule has 0 saturated carbocycles. The summed E-state index contributed by atoms with van der Waals surface area (Å²) in [6.45, 7) is 10.9. The fraction of sp³-hybridized carbons (Fsp3) is 0.650. The van der Waals surface area contributed by atoms with E-state index in [9.17, 15) is 4.79 Å². The maximum absolute atomic E-state index is 12.5. The van der Waals surface area contributed by atoms with Crippen molar-refractivity contribution in [3.63, 3.8) is 0 Å². The van der Waals surface area contributed by atoms with E-state index >= 15 is 0 Å². The molecule has 1 aliphatic rings. The van der Waals surface area contributed by atoms with Crippen LogP contribution in [0, 0.1) is 18.8 Å². The van der Waals surface area contributed by atoms with Gasteiger partial charge in [-0.05, 0) is 67.1 Å².